The van der Waals surface area contributed by atoms with Crippen LogP contribution in [0.1, 0.15) is 32.8 Å². The molecule has 1 aromatic carbocycles. The summed E-state index contributed by atoms with van der Waals surface area (Å²) in [6.07, 6.45) is 0.656. The lowest BCUT2D eigenvalue weighted by Crippen LogP contribution is -2.51. The normalized spacial score (nSPS) is 23.2. The van der Waals surface area contributed by atoms with Gasteiger partial charge in [-0.3, -0.25) is 4.79 Å². The second kappa shape index (κ2) is 5.39. The number of likely N-dealkylation sites (N-methyl/N-ethyl adjacent to an activating group) is 1. The van der Waals surface area contributed by atoms with Gasteiger partial charge in [-0.15, -0.1) is 0 Å². The van der Waals surface area contributed by atoms with Gasteiger partial charge in [0, 0.05) is 31.3 Å². The third kappa shape index (κ3) is 2.68. The molecule has 0 bridgehead atoms. The third-order valence-corrected chi connectivity index (χ3v) is 9.59. The van der Waals surface area contributed by atoms with Crippen molar-refractivity contribution in [3.8, 4) is 0 Å². The van der Waals surface area contributed by atoms with Crippen molar-refractivity contribution in [2.24, 2.45) is 0 Å². The van der Waals surface area contributed by atoms with Crippen molar-refractivity contribution >= 4 is 19.9 Å². The number of hydrogen-bond acceptors (Lipinski definition) is 3. The molecular formula is C17H28N2O2Si. The van der Waals surface area contributed by atoms with Crippen LogP contribution in [0.15, 0.2) is 24.3 Å². The summed E-state index contributed by atoms with van der Waals surface area (Å²) >= 11 is 0. The van der Waals surface area contributed by atoms with Gasteiger partial charge in [-0.05, 0) is 24.2 Å². The predicted molar refractivity (Wildman–Crippen MR) is 93.1 cm³/mol. The zero-order valence-electron chi connectivity index (χ0n) is 14.6. The van der Waals surface area contributed by atoms with Crippen LogP contribution < -0.4 is 5.73 Å². The van der Waals surface area contributed by atoms with E-state index < -0.39 is 13.9 Å². The fourth-order valence-corrected chi connectivity index (χ4v) is 4.17. The smallest absolute Gasteiger partial charge is 0.258 e. The number of para-hydroxylation sites is 1. The van der Waals surface area contributed by atoms with Crippen molar-refractivity contribution in [1.82, 2.24) is 4.90 Å². The van der Waals surface area contributed by atoms with E-state index in [-0.39, 0.29) is 10.9 Å². The Morgan fingerprint density at radius 1 is 1.27 bits per heavy atom. The van der Waals surface area contributed by atoms with Gasteiger partial charge >= 0.3 is 0 Å². The van der Waals surface area contributed by atoms with Crippen LogP contribution in [0.4, 0.5) is 5.69 Å². The number of carbonyl (C=O) groups is 1. The minimum Gasteiger partial charge on any atom is -0.399 e. The summed E-state index contributed by atoms with van der Waals surface area (Å²) in [7, 11) is -0.291. The number of carbonyl (C=O) groups excluding carboxylic acids is 1. The van der Waals surface area contributed by atoms with E-state index in [0.717, 1.165) is 5.56 Å². The van der Waals surface area contributed by atoms with Gasteiger partial charge < -0.3 is 15.1 Å². The Kier molecular flexibility index (Phi) is 4.17. The molecule has 1 aliphatic heterocycles. The van der Waals surface area contributed by atoms with Gasteiger partial charge in [-0.25, -0.2) is 0 Å². The second-order valence-corrected chi connectivity index (χ2v) is 12.5. The molecule has 1 atom stereocenters. The topological polar surface area (TPSA) is 55.6 Å². The van der Waals surface area contributed by atoms with Crippen molar-refractivity contribution in [1.29, 1.82) is 0 Å². The minimum absolute atomic E-state index is 0.0234. The van der Waals surface area contributed by atoms with Crippen LogP contribution in [0.5, 0.6) is 0 Å². The molecule has 1 heterocycles. The highest BCUT2D eigenvalue weighted by Gasteiger charge is 2.54. The average Bonchev–Trinajstić information content (AvgIpc) is 2.67. The molecule has 2 N–H and O–H groups in total. The lowest BCUT2D eigenvalue weighted by molar-refractivity contribution is -0.141. The number of rotatable bonds is 3. The van der Waals surface area contributed by atoms with E-state index in [9.17, 15) is 4.79 Å². The van der Waals surface area contributed by atoms with Crippen LogP contribution in [0.25, 0.3) is 0 Å². The Labute approximate surface area is 134 Å². The van der Waals surface area contributed by atoms with Crippen LogP contribution in [-0.4, -0.2) is 32.7 Å². The second-order valence-electron chi connectivity index (χ2n) is 7.75. The lowest BCUT2D eigenvalue weighted by atomic mass is 9.91. The Morgan fingerprint density at radius 2 is 1.86 bits per heavy atom. The quantitative estimate of drug-likeness (QED) is 0.686. The first-order valence-corrected chi connectivity index (χ1v) is 10.7. The standard InChI is InChI=1S/C17H28N2O2Si/c1-16(2,3)22(5,6)21-17(11-12-19(4)15(17)20)13-9-7-8-10-14(13)18/h7-10H,11-12,18H2,1-6H3/t17-/m0/s1. The molecule has 1 aliphatic rings. The Morgan fingerprint density at radius 3 is 2.32 bits per heavy atom. The van der Waals surface area contributed by atoms with E-state index in [2.05, 4.69) is 33.9 Å². The van der Waals surface area contributed by atoms with Crippen LogP contribution in [0.3, 0.4) is 0 Å². The molecule has 0 unspecified atom stereocenters. The number of hydrogen-bond donors (Lipinski definition) is 1. The maximum absolute atomic E-state index is 13.0. The van der Waals surface area contributed by atoms with E-state index in [1.54, 1.807) is 4.90 Å². The van der Waals surface area contributed by atoms with E-state index in [0.29, 0.717) is 18.7 Å². The molecular weight excluding hydrogens is 292 g/mol. The van der Waals surface area contributed by atoms with Crippen molar-refractivity contribution in [2.75, 3.05) is 19.3 Å². The minimum atomic E-state index is -2.12. The van der Waals surface area contributed by atoms with E-state index in [4.69, 9.17) is 10.2 Å². The van der Waals surface area contributed by atoms with Crippen LogP contribution >= 0.6 is 0 Å². The van der Waals surface area contributed by atoms with Gasteiger partial charge in [0.25, 0.3) is 5.91 Å². The monoisotopic (exact) mass is 320 g/mol. The zero-order chi connectivity index (χ0) is 16.8. The van der Waals surface area contributed by atoms with Crippen molar-refractivity contribution in [3.05, 3.63) is 29.8 Å². The Balaban J connectivity index is 2.55. The molecule has 1 fully saturated rings. The summed E-state index contributed by atoms with van der Waals surface area (Å²) in [5.41, 5.74) is 6.70. The first kappa shape index (κ1) is 17.0. The van der Waals surface area contributed by atoms with Crippen LogP contribution in [-0.2, 0) is 14.8 Å². The SMILES string of the molecule is CN1CC[C@](O[Si](C)(C)C(C)(C)C)(c2ccccc2N)C1=O. The molecule has 0 aromatic heterocycles. The summed E-state index contributed by atoms with van der Waals surface area (Å²) in [6.45, 7) is 11.6. The number of likely N-dealkylation sites (tertiary alicyclic amines) is 1. The average molecular weight is 321 g/mol. The first-order chi connectivity index (χ1) is 10.0. The Hall–Kier alpha value is -1.33. The highest BCUT2D eigenvalue weighted by molar-refractivity contribution is 6.74. The van der Waals surface area contributed by atoms with Gasteiger partial charge in [0.05, 0.1) is 0 Å². The summed E-state index contributed by atoms with van der Waals surface area (Å²) < 4.78 is 6.67. The molecule has 1 saturated heterocycles. The number of nitrogen functional groups attached to an aromatic ring is 1. The van der Waals surface area contributed by atoms with Crippen molar-refractivity contribution < 1.29 is 9.22 Å². The van der Waals surface area contributed by atoms with Crippen molar-refractivity contribution in [3.63, 3.8) is 0 Å². The van der Waals surface area contributed by atoms with Gasteiger partial charge in [0.1, 0.15) is 0 Å². The summed E-state index contributed by atoms with van der Waals surface area (Å²) in [5, 5.41) is 0.0327. The molecule has 1 aromatic rings. The predicted octanol–water partition coefficient (Wildman–Crippen LogP) is 3.35. The van der Waals surface area contributed by atoms with Gasteiger partial charge in [0.2, 0.25) is 0 Å². The molecule has 0 saturated carbocycles. The molecule has 1 amide bonds. The number of nitrogens with zero attached hydrogens (tertiary/aromatic N) is 1. The molecule has 2 rings (SSSR count). The van der Waals surface area contributed by atoms with Crippen LogP contribution in [0, 0.1) is 0 Å². The number of amides is 1. The number of anilines is 1. The number of nitrogens with two attached hydrogens (primary N) is 1. The van der Waals surface area contributed by atoms with Crippen molar-refractivity contribution in [2.45, 2.75) is 50.9 Å². The first-order valence-electron chi connectivity index (χ1n) is 7.82. The summed E-state index contributed by atoms with van der Waals surface area (Å²) in [5.74, 6) is 0.0234. The van der Waals surface area contributed by atoms with Gasteiger partial charge in [-0.1, -0.05) is 39.0 Å². The molecule has 122 valence electrons. The number of benzene rings is 1. The van der Waals surface area contributed by atoms with E-state index in [1.165, 1.54) is 0 Å². The lowest BCUT2D eigenvalue weighted by Gasteiger charge is -2.43. The largest absolute Gasteiger partial charge is 0.399 e. The molecule has 4 nitrogen and oxygen atoms in total. The molecule has 0 aliphatic carbocycles. The zero-order valence-corrected chi connectivity index (χ0v) is 15.6. The summed E-state index contributed by atoms with van der Waals surface area (Å²) in [4.78, 5) is 14.7. The summed E-state index contributed by atoms with van der Waals surface area (Å²) in [6, 6.07) is 7.59. The highest BCUT2D eigenvalue weighted by Crippen LogP contribution is 2.46. The Bertz CT molecular complexity index is 580. The molecule has 0 radical (unpaired) electrons. The van der Waals surface area contributed by atoms with Crippen LogP contribution in [0.2, 0.25) is 18.1 Å². The molecule has 0 spiro atoms. The van der Waals surface area contributed by atoms with Gasteiger partial charge in [0.15, 0.2) is 13.9 Å². The van der Waals surface area contributed by atoms with Gasteiger partial charge in [-0.2, -0.15) is 0 Å². The fourth-order valence-electron chi connectivity index (χ4n) is 2.69. The van der Waals surface area contributed by atoms with E-state index in [1.807, 2.05) is 31.3 Å². The van der Waals surface area contributed by atoms with E-state index >= 15 is 0 Å². The maximum atomic E-state index is 13.0. The molecule has 22 heavy (non-hydrogen) atoms. The third-order valence-electron chi connectivity index (χ3n) is 5.12. The fraction of sp³-hybridized carbons (Fsp3) is 0.588. The maximum Gasteiger partial charge on any atom is 0.258 e. The molecule has 5 heteroatoms. The highest BCUT2D eigenvalue weighted by atomic mass is 28.4.